The predicted octanol–water partition coefficient (Wildman–Crippen LogP) is 16.5. The first-order valence-electron chi connectivity index (χ1n) is 21.8. The number of hydrogen-bond acceptors (Lipinski definition) is 2. The molecular weight excluding hydrogens is 763 g/mol. The highest BCUT2D eigenvalue weighted by Crippen LogP contribution is 2.65. The van der Waals surface area contributed by atoms with Crippen LogP contribution < -0.4 is 4.90 Å². The molecule has 0 radical (unpaired) electrons. The second kappa shape index (κ2) is 12.9. The Labute approximate surface area is 364 Å². The molecule has 2 aliphatic rings. The highest BCUT2D eigenvalue weighted by Gasteiger charge is 2.53. The fraction of sp³-hybridized carbons (Fsp3) is 0.0164. The third-order valence-corrected chi connectivity index (χ3v) is 14.0. The number of rotatable bonds is 4. The Morgan fingerprint density at radius 2 is 0.794 bits per heavy atom. The van der Waals surface area contributed by atoms with Crippen LogP contribution in [0.4, 0.5) is 17.1 Å². The molecule has 0 saturated carbocycles. The molecule has 11 aromatic carbocycles. The zero-order chi connectivity index (χ0) is 41.2. The van der Waals surface area contributed by atoms with Gasteiger partial charge in [-0.2, -0.15) is 0 Å². The summed E-state index contributed by atoms with van der Waals surface area (Å²) < 4.78 is 6.64. The third-order valence-electron chi connectivity index (χ3n) is 14.0. The second-order valence-corrected chi connectivity index (χ2v) is 17.1. The SMILES string of the molecule is c1cc(-c2cccc3c2oc2ccccc23)cc(N(c2ccc3c4ccccc4c4ccccc4c3c2)c2cccc3c2C2(c4ccccc4-c4ccccc42)c2ccccc2-3)c1. The number of furan rings is 1. The fourth-order valence-electron chi connectivity index (χ4n) is 11.6. The minimum atomic E-state index is -0.537. The normalized spacial score (nSPS) is 13.2. The predicted molar refractivity (Wildman–Crippen MR) is 263 cm³/mol. The molecule has 1 spiro atoms. The molecule has 1 aromatic heterocycles. The Kier molecular flexibility index (Phi) is 7.07. The van der Waals surface area contributed by atoms with Crippen molar-refractivity contribution in [3.8, 4) is 33.4 Å². The Hall–Kier alpha value is -8.20. The molecule has 0 saturated heterocycles. The van der Waals surface area contributed by atoms with Gasteiger partial charge in [-0.1, -0.05) is 188 Å². The average molecular weight is 800 g/mol. The number of anilines is 3. The standard InChI is InChI=1S/C61H37NO/c1-2-20-44-42(18-1)43-19-3-4-21-45(43)53-37-40(34-35-46(44)53)62(39-17-13-16-38(36-39)41-26-14-28-52-50-25-8-12-33-58(50)63-60(41)52)57-32-15-27-51-49-24-7-11-31-56(49)61(59(51)57)54-29-9-5-22-47(54)48-23-6-10-30-55(48)61/h1-37H. The molecule has 14 rings (SSSR count). The highest BCUT2D eigenvalue weighted by atomic mass is 16.3. The largest absolute Gasteiger partial charge is 0.455 e. The summed E-state index contributed by atoms with van der Waals surface area (Å²) in [6.07, 6.45) is 0. The first-order chi connectivity index (χ1) is 31.3. The van der Waals surface area contributed by atoms with Gasteiger partial charge in [0.25, 0.3) is 0 Å². The van der Waals surface area contributed by atoms with Crippen LogP contribution in [0.3, 0.4) is 0 Å². The molecule has 0 atom stereocenters. The van der Waals surface area contributed by atoms with Crippen molar-refractivity contribution in [1.29, 1.82) is 0 Å². The summed E-state index contributed by atoms with van der Waals surface area (Å²) in [5.41, 5.74) is 17.2. The van der Waals surface area contributed by atoms with E-state index in [1.54, 1.807) is 0 Å². The maximum atomic E-state index is 6.64. The van der Waals surface area contributed by atoms with Crippen molar-refractivity contribution in [3.63, 3.8) is 0 Å². The van der Waals surface area contributed by atoms with Crippen LogP contribution in [-0.4, -0.2) is 0 Å². The molecule has 0 fully saturated rings. The van der Waals surface area contributed by atoms with E-state index >= 15 is 0 Å². The molecule has 2 aliphatic carbocycles. The first kappa shape index (κ1) is 34.5. The maximum absolute atomic E-state index is 6.64. The lowest BCUT2D eigenvalue weighted by atomic mass is 9.70. The van der Waals surface area contributed by atoms with Crippen molar-refractivity contribution < 1.29 is 4.42 Å². The smallest absolute Gasteiger partial charge is 0.143 e. The second-order valence-electron chi connectivity index (χ2n) is 17.1. The van der Waals surface area contributed by atoms with Crippen molar-refractivity contribution in [3.05, 3.63) is 247 Å². The van der Waals surface area contributed by atoms with Crippen molar-refractivity contribution >= 4 is 71.3 Å². The monoisotopic (exact) mass is 799 g/mol. The Morgan fingerprint density at radius 1 is 0.317 bits per heavy atom. The zero-order valence-electron chi connectivity index (χ0n) is 34.2. The molecule has 0 bridgehead atoms. The minimum Gasteiger partial charge on any atom is -0.455 e. The number of fused-ring (bicyclic) bond motifs is 19. The van der Waals surface area contributed by atoms with Gasteiger partial charge in [-0.05, 0) is 113 Å². The summed E-state index contributed by atoms with van der Waals surface area (Å²) in [5.74, 6) is 0. The van der Waals surface area contributed by atoms with Gasteiger partial charge in [0.2, 0.25) is 0 Å². The van der Waals surface area contributed by atoms with Crippen LogP contribution >= 0.6 is 0 Å². The van der Waals surface area contributed by atoms with Crippen LogP contribution in [0, 0.1) is 0 Å². The Bertz CT molecular complexity index is 3790. The summed E-state index contributed by atoms with van der Waals surface area (Å²) >= 11 is 0. The van der Waals surface area contributed by atoms with E-state index in [1.165, 1.54) is 76.8 Å². The number of nitrogens with zero attached hydrogens (tertiary/aromatic N) is 1. The van der Waals surface area contributed by atoms with Gasteiger partial charge in [-0.3, -0.25) is 0 Å². The van der Waals surface area contributed by atoms with Gasteiger partial charge >= 0.3 is 0 Å². The van der Waals surface area contributed by atoms with Crippen molar-refractivity contribution in [2.24, 2.45) is 0 Å². The van der Waals surface area contributed by atoms with E-state index in [4.69, 9.17) is 4.42 Å². The molecular formula is C61H37NO. The third kappa shape index (κ3) is 4.62. The molecule has 0 amide bonds. The summed E-state index contributed by atoms with van der Waals surface area (Å²) in [5, 5.41) is 9.79. The number of benzene rings is 11. The molecule has 12 aromatic rings. The lowest BCUT2D eigenvalue weighted by molar-refractivity contribution is 0.670. The number of hydrogen-bond donors (Lipinski definition) is 0. The summed E-state index contributed by atoms with van der Waals surface area (Å²) in [7, 11) is 0. The van der Waals surface area contributed by atoms with Gasteiger partial charge in [0.15, 0.2) is 0 Å². The highest BCUT2D eigenvalue weighted by molar-refractivity contribution is 6.26. The quantitative estimate of drug-likeness (QED) is 0.165. The van der Waals surface area contributed by atoms with Gasteiger partial charge in [-0.25, -0.2) is 0 Å². The van der Waals surface area contributed by atoms with E-state index in [2.05, 4.69) is 223 Å². The van der Waals surface area contributed by atoms with Crippen LogP contribution in [0.5, 0.6) is 0 Å². The average Bonchev–Trinajstić information content (AvgIpc) is 3.99. The van der Waals surface area contributed by atoms with E-state index in [-0.39, 0.29) is 0 Å². The van der Waals surface area contributed by atoms with E-state index < -0.39 is 5.41 Å². The first-order valence-corrected chi connectivity index (χ1v) is 21.8. The molecule has 63 heavy (non-hydrogen) atoms. The topological polar surface area (TPSA) is 16.4 Å². The van der Waals surface area contributed by atoms with Crippen molar-refractivity contribution in [2.45, 2.75) is 5.41 Å². The van der Waals surface area contributed by atoms with Crippen molar-refractivity contribution in [1.82, 2.24) is 0 Å². The Morgan fingerprint density at radius 3 is 1.48 bits per heavy atom. The summed E-state index contributed by atoms with van der Waals surface area (Å²) in [6, 6.07) is 83.0. The molecule has 292 valence electrons. The molecule has 2 nitrogen and oxygen atoms in total. The minimum absolute atomic E-state index is 0.537. The zero-order valence-corrected chi connectivity index (χ0v) is 34.2. The van der Waals surface area contributed by atoms with Crippen LogP contribution in [0.15, 0.2) is 229 Å². The van der Waals surface area contributed by atoms with Crippen LogP contribution in [0.25, 0.3) is 87.6 Å². The fourth-order valence-corrected chi connectivity index (χ4v) is 11.6. The molecule has 0 unspecified atom stereocenters. The van der Waals surface area contributed by atoms with Gasteiger partial charge in [0.05, 0.1) is 11.1 Å². The van der Waals surface area contributed by atoms with E-state index in [0.29, 0.717) is 0 Å². The molecule has 0 aliphatic heterocycles. The van der Waals surface area contributed by atoms with Crippen molar-refractivity contribution in [2.75, 3.05) is 4.90 Å². The lowest BCUT2D eigenvalue weighted by Crippen LogP contribution is -2.28. The Balaban J connectivity index is 1.09. The molecule has 0 N–H and O–H groups in total. The van der Waals surface area contributed by atoms with E-state index in [9.17, 15) is 0 Å². The van der Waals surface area contributed by atoms with Crippen LogP contribution in [0.2, 0.25) is 0 Å². The summed E-state index contributed by atoms with van der Waals surface area (Å²) in [4.78, 5) is 2.53. The molecule has 1 heterocycles. The van der Waals surface area contributed by atoms with Crippen LogP contribution in [0.1, 0.15) is 22.3 Å². The van der Waals surface area contributed by atoms with E-state index in [1.807, 2.05) is 6.07 Å². The van der Waals surface area contributed by atoms with Gasteiger partial charge < -0.3 is 9.32 Å². The summed E-state index contributed by atoms with van der Waals surface area (Å²) in [6.45, 7) is 0. The van der Waals surface area contributed by atoms with E-state index in [0.717, 1.165) is 50.1 Å². The van der Waals surface area contributed by atoms with Gasteiger partial charge in [0, 0.05) is 33.3 Å². The van der Waals surface area contributed by atoms with Crippen LogP contribution in [-0.2, 0) is 5.41 Å². The lowest BCUT2D eigenvalue weighted by Gasteiger charge is -2.36. The van der Waals surface area contributed by atoms with Gasteiger partial charge in [0.1, 0.15) is 11.2 Å². The number of para-hydroxylation sites is 2. The molecule has 2 heteroatoms. The van der Waals surface area contributed by atoms with Gasteiger partial charge in [-0.15, -0.1) is 0 Å². The maximum Gasteiger partial charge on any atom is 0.143 e.